The van der Waals surface area contributed by atoms with Crippen LogP contribution in [0.2, 0.25) is 0 Å². The zero-order valence-corrected chi connectivity index (χ0v) is 27.1. The number of ether oxygens (including phenoxy) is 1. The van der Waals surface area contributed by atoms with Crippen molar-refractivity contribution in [2.24, 2.45) is 0 Å². The SMILES string of the molecule is CCOc1ccc(S(=O)(=O)N(CC(=O)N(Cc2ccc(F)cc2)[C@H](Cc2ccccc2)C(=O)N[C@@H](C)CC)c2ccccc2)cc1. The molecule has 4 rings (SSSR count). The van der Waals surface area contributed by atoms with Crippen molar-refractivity contribution in [2.45, 2.75) is 57.1 Å². The molecule has 0 bridgehead atoms. The van der Waals surface area contributed by atoms with Crippen LogP contribution in [-0.4, -0.2) is 50.4 Å². The summed E-state index contributed by atoms with van der Waals surface area (Å²) < 4.78 is 48.6. The summed E-state index contributed by atoms with van der Waals surface area (Å²) in [6, 6.07) is 28.2. The van der Waals surface area contributed by atoms with E-state index < -0.39 is 34.3 Å². The van der Waals surface area contributed by atoms with Crippen molar-refractivity contribution in [3.8, 4) is 5.75 Å². The highest BCUT2D eigenvalue weighted by Crippen LogP contribution is 2.26. The first-order valence-electron chi connectivity index (χ1n) is 15.3. The number of sulfonamides is 1. The number of nitrogens with zero attached hydrogens (tertiary/aromatic N) is 2. The number of rotatable bonds is 15. The maximum atomic E-state index is 14.5. The molecule has 8 nitrogen and oxygen atoms in total. The van der Waals surface area contributed by atoms with E-state index in [0.29, 0.717) is 24.3 Å². The molecule has 0 aliphatic carbocycles. The summed E-state index contributed by atoms with van der Waals surface area (Å²) in [5, 5.41) is 3.00. The Morgan fingerprint density at radius 3 is 2.02 bits per heavy atom. The second kappa shape index (κ2) is 16.0. The van der Waals surface area contributed by atoms with Gasteiger partial charge in [0.2, 0.25) is 11.8 Å². The van der Waals surface area contributed by atoms with Crippen LogP contribution in [0.15, 0.2) is 114 Å². The standard InChI is InChI=1S/C36H40FN3O5S/c1-4-27(3)38-36(42)34(24-28-12-8-6-9-13-28)39(25-29-16-18-30(37)19-17-29)35(41)26-40(31-14-10-7-11-15-31)46(43,44)33-22-20-32(21-23-33)45-5-2/h6-23,27,34H,4-5,24-26H2,1-3H3,(H,38,42)/t27-,34+/m0/s1. The summed E-state index contributed by atoms with van der Waals surface area (Å²) in [6.07, 6.45) is 0.866. The van der Waals surface area contributed by atoms with E-state index in [2.05, 4.69) is 5.32 Å². The predicted molar refractivity (Wildman–Crippen MR) is 177 cm³/mol. The first-order valence-corrected chi connectivity index (χ1v) is 16.7. The average Bonchev–Trinajstić information content (AvgIpc) is 3.07. The molecular weight excluding hydrogens is 605 g/mol. The minimum Gasteiger partial charge on any atom is -0.494 e. The Morgan fingerprint density at radius 2 is 1.43 bits per heavy atom. The second-order valence-electron chi connectivity index (χ2n) is 10.9. The van der Waals surface area contributed by atoms with E-state index in [1.54, 1.807) is 54.6 Å². The summed E-state index contributed by atoms with van der Waals surface area (Å²) in [4.78, 5) is 29.7. The van der Waals surface area contributed by atoms with Crippen molar-refractivity contribution in [3.05, 3.63) is 126 Å². The number of carbonyl (C=O) groups is 2. The van der Waals surface area contributed by atoms with Crippen molar-refractivity contribution in [3.63, 3.8) is 0 Å². The smallest absolute Gasteiger partial charge is 0.264 e. The molecule has 2 atom stereocenters. The third kappa shape index (κ3) is 8.94. The summed E-state index contributed by atoms with van der Waals surface area (Å²) >= 11 is 0. The number of hydrogen-bond donors (Lipinski definition) is 1. The van der Waals surface area contributed by atoms with Crippen molar-refractivity contribution in [2.75, 3.05) is 17.5 Å². The van der Waals surface area contributed by atoms with E-state index in [-0.39, 0.29) is 35.5 Å². The predicted octanol–water partition coefficient (Wildman–Crippen LogP) is 5.97. The molecule has 0 unspecified atom stereocenters. The molecule has 46 heavy (non-hydrogen) atoms. The Labute approximate surface area is 270 Å². The van der Waals surface area contributed by atoms with Gasteiger partial charge in [0.05, 0.1) is 17.2 Å². The zero-order chi connectivity index (χ0) is 33.1. The quantitative estimate of drug-likeness (QED) is 0.172. The van der Waals surface area contributed by atoms with Crippen LogP contribution in [0, 0.1) is 5.82 Å². The number of amides is 2. The van der Waals surface area contributed by atoms with Crippen molar-refractivity contribution in [1.29, 1.82) is 0 Å². The van der Waals surface area contributed by atoms with Crippen molar-refractivity contribution in [1.82, 2.24) is 10.2 Å². The molecule has 0 aliphatic heterocycles. The van der Waals surface area contributed by atoms with Gasteiger partial charge >= 0.3 is 0 Å². The molecule has 4 aromatic carbocycles. The van der Waals surface area contributed by atoms with Gasteiger partial charge in [-0.05, 0) is 79.9 Å². The van der Waals surface area contributed by atoms with Gasteiger partial charge in [0.25, 0.3) is 10.0 Å². The molecule has 1 N–H and O–H groups in total. The van der Waals surface area contributed by atoms with Gasteiger partial charge in [0, 0.05) is 19.0 Å². The van der Waals surface area contributed by atoms with Gasteiger partial charge < -0.3 is 15.0 Å². The van der Waals surface area contributed by atoms with Crippen LogP contribution in [0.1, 0.15) is 38.3 Å². The van der Waals surface area contributed by atoms with Crippen molar-refractivity contribution >= 4 is 27.5 Å². The van der Waals surface area contributed by atoms with Gasteiger partial charge in [-0.1, -0.05) is 67.6 Å². The summed E-state index contributed by atoms with van der Waals surface area (Å²) in [6.45, 7) is 5.46. The highest BCUT2D eigenvalue weighted by atomic mass is 32.2. The minimum absolute atomic E-state index is 0.0203. The van der Waals surface area contributed by atoms with Crippen molar-refractivity contribution < 1.29 is 27.1 Å². The van der Waals surface area contributed by atoms with E-state index >= 15 is 0 Å². The molecule has 242 valence electrons. The van der Waals surface area contributed by atoms with Gasteiger partial charge in [0.15, 0.2) is 0 Å². The Morgan fingerprint density at radius 1 is 0.826 bits per heavy atom. The molecule has 0 aliphatic rings. The molecule has 2 amide bonds. The fraction of sp³-hybridized carbons (Fsp3) is 0.278. The molecule has 0 saturated heterocycles. The molecule has 10 heteroatoms. The Bertz CT molecular complexity index is 1670. The second-order valence-corrected chi connectivity index (χ2v) is 12.8. The Balaban J connectivity index is 1.77. The first kappa shape index (κ1) is 34.2. The Kier molecular flexibility index (Phi) is 11.9. The number of carbonyl (C=O) groups excluding carboxylic acids is 2. The maximum Gasteiger partial charge on any atom is 0.264 e. The zero-order valence-electron chi connectivity index (χ0n) is 26.3. The van der Waals surface area contributed by atoms with Crippen LogP contribution in [-0.2, 0) is 32.6 Å². The lowest BCUT2D eigenvalue weighted by atomic mass is 10.0. The Hall–Kier alpha value is -4.70. The van der Waals surface area contributed by atoms with Gasteiger partial charge in [-0.25, -0.2) is 12.8 Å². The number of anilines is 1. The maximum absolute atomic E-state index is 14.5. The lowest BCUT2D eigenvalue weighted by Crippen LogP contribution is -2.54. The molecule has 0 spiro atoms. The number of para-hydroxylation sites is 1. The number of benzene rings is 4. The normalized spacial score (nSPS) is 12.5. The van der Waals surface area contributed by atoms with Crippen LogP contribution in [0.3, 0.4) is 0 Å². The topological polar surface area (TPSA) is 96.0 Å². The van der Waals surface area contributed by atoms with Crippen LogP contribution >= 0.6 is 0 Å². The molecule has 0 heterocycles. The van der Waals surface area contributed by atoms with Crippen LogP contribution in [0.25, 0.3) is 0 Å². The molecule has 0 fully saturated rings. The van der Waals surface area contributed by atoms with Crippen LogP contribution in [0.5, 0.6) is 5.75 Å². The lowest BCUT2D eigenvalue weighted by Gasteiger charge is -2.34. The first-order chi connectivity index (χ1) is 22.1. The fourth-order valence-corrected chi connectivity index (χ4v) is 6.32. The van der Waals surface area contributed by atoms with Gasteiger partial charge in [-0.2, -0.15) is 0 Å². The average molecular weight is 646 g/mol. The number of halogens is 1. The van der Waals surface area contributed by atoms with Crippen LogP contribution in [0.4, 0.5) is 10.1 Å². The largest absolute Gasteiger partial charge is 0.494 e. The molecule has 0 saturated carbocycles. The van der Waals surface area contributed by atoms with E-state index in [0.717, 1.165) is 9.87 Å². The van der Waals surface area contributed by atoms with Gasteiger partial charge in [-0.3, -0.25) is 13.9 Å². The summed E-state index contributed by atoms with van der Waals surface area (Å²) in [5.74, 6) is -0.878. The van der Waals surface area contributed by atoms with Crippen LogP contribution < -0.4 is 14.4 Å². The fourth-order valence-electron chi connectivity index (χ4n) is 4.91. The third-order valence-corrected chi connectivity index (χ3v) is 9.37. The molecule has 0 aromatic heterocycles. The minimum atomic E-state index is -4.24. The highest BCUT2D eigenvalue weighted by molar-refractivity contribution is 7.92. The van der Waals surface area contributed by atoms with Gasteiger partial charge in [0.1, 0.15) is 24.2 Å². The molecule has 4 aromatic rings. The molecule has 0 radical (unpaired) electrons. The molecular formula is C36H40FN3O5S. The van der Waals surface area contributed by atoms with E-state index in [1.807, 2.05) is 51.1 Å². The van der Waals surface area contributed by atoms with E-state index in [1.165, 1.54) is 29.2 Å². The third-order valence-electron chi connectivity index (χ3n) is 7.58. The van der Waals surface area contributed by atoms with Gasteiger partial charge in [-0.15, -0.1) is 0 Å². The number of nitrogens with one attached hydrogen (secondary N) is 1. The highest BCUT2D eigenvalue weighted by Gasteiger charge is 2.35. The lowest BCUT2D eigenvalue weighted by molar-refractivity contribution is -0.140. The van der Waals surface area contributed by atoms with E-state index in [4.69, 9.17) is 4.74 Å². The monoisotopic (exact) mass is 645 g/mol. The number of hydrogen-bond acceptors (Lipinski definition) is 5. The summed E-state index contributed by atoms with van der Waals surface area (Å²) in [7, 11) is -4.24. The van der Waals surface area contributed by atoms with E-state index in [9.17, 15) is 22.4 Å². The summed E-state index contributed by atoms with van der Waals surface area (Å²) in [5.41, 5.74) is 1.70.